The molecule has 0 aliphatic heterocycles. The lowest BCUT2D eigenvalue weighted by molar-refractivity contribution is 0.670. The van der Waals surface area contributed by atoms with E-state index in [0.717, 1.165) is 0 Å². The van der Waals surface area contributed by atoms with Crippen molar-refractivity contribution in [3.05, 3.63) is 24.8 Å². The summed E-state index contributed by atoms with van der Waals surface area (Å²) in [5, 5.41) is 0. The van der Waals surface area contributed by atoms with E-state index < -0.39 is 0 Å². The van der Waals surface area contributed by atoms with Crippen molar-refractivity contribution in [2.45, 2.75) is 71.1 Å². The van der Waals surface area contributed by atoms with Gasteiger partial charge in [0.15, 0.2) is 0 Å². The number of hydrogen-bond acceptors (Lipinski definition) is 0. The minimum Gasteiger partial charge on any atom is -0.103 e. The van der Waals surface area contributed by atoms with Crippen LogP contribution in [0.5, 0.6) is 0 Å². The number of unbranched alkanes of at least 4 members (excludes halogenated alkanes) is 8. The number of rotatable bonds is 11. The maximum absolute atomic E-state index is 3.73. The summed E-state index contributed by atoms with van der Waals surface area (Å²) in [6.07, 6.45) is 20.0. The Morgan fingerprint density at radius 3 is 1.80 bits per heavy atom. The third-order valence-corrected chi connectivity index (χ3v) is 2.67. The smallest absolute Gasteiger partial charge is 0.0351 e. The van der Waals surface area contributed by atoms with Gasteiger partial charge < -0.3 is 0 Å². The van der Waals surface area contributed by atoms with Crippen molar-refractivity contribution in [2.24, 2.45) is 0 Å². The molecule has 0 fully saturated rings. The molecule has 15 heavy (non-hydrogen) atoms. The van der Waals surface area contributed by atoms with Gasteiger partial charge in [-0.25, -0.2) is 0 Å². The second kappa shape index (κ2) is 13.5. The molecule has 0 aliphatic carbocycles. The average molecular weight is 208 g/mol. The Hall–Kier alpha value is -0.520. The van der Waals surface area contributed by atoms with Crippen LogP contribution in [-0.2, 0) is 0 Å². The summed E-state index contributed by atoms with van der Waals surface area (Å²) in [5.41, 5.74) is 0. The lowest BCUT2D eigenvalue weighted by atomic mass is 10.1. The first-order valence-electron chi connectivity index (χ1n) is 6.67. The van der Waals surface area contributed by atoms with Crippen LogP contribution in [-0.4, -0.2) is 0 Å². The molecule has 0 rings (SSSR count). The molecule has 0 heterocycles. The van der Waals surface area contributed by atoms with E-state index in [4.69, 9.17) is 0 Å². The van der Waals surface area contributed by atoms with Crippen LogP contribution in [0.1, 0.15) is 71.1 Å². The molecule has 0 aromatic heterocycles. The SMILES string of the molecule is C=CCCCCC/C=C/CCCCCC. The normalized spacial score (nSPS) is 11.0. The zero-order valence-corrected chi connectivity index (χ0v) is 10.5. The van der Waals surface area contributed by atoms with Crippen molar-refractivity contribution < 1.29 is 0 Å². The van der Waals surface area contributed by atoms with Gasteiger partial charge in [0, 0.05) is 0 Å². The van der Waals surface area contributed by atoms with Gasteiger partial charge in [-0.1, -0.05) is 50.8 Å². The molecule has 0 N–H and O–H groups in total. The molecule has 0 unspecified atom stereocenters. The van der Waals surface area contributed by atoms with E-state index in [-0.39, 0.29) is 0 Å². The fourth-order valence-corrected chi connectivity index (χ4v) is 1.65. The van der Waals surface area contributed by atoms with Crippen molar-refractivity contribution in [1.29, 1.82) is 0 Å². The van der Waals surface area contributed by atoms with Gasteiger partial charge in [0.1, 0.15) is 0 Å². The fraction of sp³-hybridized carbons (Fsp3) is 0.733. The third kappa shape index (κ3) is 13.5. The molecule has 0 nitrogen and oxygen atoms in total. The van der Waals surface area contributed by atoms with Gasteiger partial charge >= 0.3 is 0 Å². The van der Waals surface area contributed by atoms with Gasteiger partial charge in [-0.2, -0.15) is 0 Å². The largest absolute Gasteiger partial charge is 0.103 e. The molecule has 0 saturated heterocycles. The molecule has 0 aliphatic rings. The molecule has 0 heteroatoms. The first-order valence-corrected chi connectivity index (χ1v) is 6.67. The quantitative estimate of drug-likeness (QED) is 0.304. The van der Waals surface area contributed by atoms with E-state index in [1.807, 2.05) is 6.08 Å². The zero-order chi connectivity index (χ0) is 11.2. The Morgan fingerprint density at radius 2 is 1.27 bits per heavy atom. The van der Waals surface area contributed by atoms with Gasteiger partial charge in [0.25, 0.3) is 0 Å². The van der Waals surface area contributed by atoms with Crippen LogP contribution in [0, 0.1) is 0 Å². The highest BCUT2D eigenvalue weighted by Gasteiger charge is 1.86. The van der Waals surface area contributed by atoms with Crippen molar-refractivity contribution >= 4 is 0 Å². The molecule has 0 amide bonds. The van der Waals surface area contributed by atoms with Crippen LogP contribution < -0.4 is 0 Å². The van der Waals surface area contributed by atoms with Gasteiger partial charge in [0.05, 0.1) is 0 Å². The van der Waals surface area contributed by atoms with Crippen LogP contribution >= 0.6 is 0 Å². The van der Waals surface area contributed by atoms with E-state index >= 15 is 0 Å². The summed E-state index contributed by atoms with van der Waals surface area (Å²) >= 11 is 0. The van der Waals surface area contributed by atoms with Gasteiger partial charge in [0.2, 0.25) is 0 Å². The zero-order valence-electron chi connectivity index (χ0n) is 10.5. The lowest BCUT2D eigenvalue weighted by Gasteiger charge is -1.96. The Bertz CT molecular complexity index is 144. The maximum Gasteiger partial charge on any atom is -0.0351 e. The predicted molar refractivity (Wildman–Crippen MR) is 71.2 cm³/mol. The highest BCUT2D eigenvalue weighted by atomic mass is 13.9. The molecule has 0 aromatic carbocycles. The monoisotopic (exact) mass is 208 g/mol. The molecule has 0 aromatic rings. The first-order chi connectivity index (χ1) is 7.41. The molecular formula is C15H28. The molecule has 0 radical (unpaired) electrons. The van der Waals surface area contributed by atoms with E-state index in [2.05, 4.69) is 25.7 Å². The van der Waals surface area contributed by atoms with Gasteiger partial charge in [-0.3, -0.25) is 0 Å². The molecule has 0 atom stereocenters. The second-order valence-corrected chi connectivity index (χ2v) is 4.25. The Balaban J connectivity index is 3.00. The highest BCUT2D eigenvalue weighted by Crippen LogP contribution is 2.06. The summed E-state index contributed by atoms with van der Waals surface area (Å²) in [7, 11) is 0. The summed E-state index contributed by atoms with van der Waals surface area (Å²) in [5.74, 6) is 0. The molecule has 0 saturated carbocycles. The summed E-state index contributed by atoms with van der Waals surface area (Å²) in [6, 6.07) is 0. The highest BCUT2D eigenvalue weighted by molar-refractivity contribution is 4.81. The van der Waals surface area contributed by atoms with Crippen molar-refractivity contribution in [1.82, 2.24) is 0 Å². The Morgan fingerprint density at radius 1 is 0.733 bits per heavy atom. The second-order valence-electron chi connectivity index (χ2n) is 4.25. The van der Waals surface area contributed by atoms with Gasteiger partial charge in [-0.15, -0.1) is 6.58 Å². The minimum absolute atomic E-state index is 1.18. The summed E-state index contributed by atoms with van der Waals surface area (Å²) in [6.45, 7) is 5.99. The van der Waals surface area contributed by atoms with Crippen LogP contribution in [0.4, 0.5) is 0 Å². The van der Waals surface area contributed by atoms with Crippen molar-refractivity contribution in [3.8, 4) is 0 Å². The van der Waals surface area contributed by atoms with Crippen LogP contribution in [0.25, 0.3) is 0 Å². The molecule has 0 bridgehead atoms. The lowest BCUT2D eigenvalue weighted by Crippen LogP contribution is -1.76. The molecular weight excluding hydrogens is 180 g/mol. The fourth-order valence-electron chi connectivity index (χ4n) is 1.65. The van der Waals surface area contributed by atoms with E-state index in [9.17, 15) is 0 Å². The standard InChI is InChI=1S/C15H28/c1-3-5-7-9-11-13-15-14-12-10-8-6-4-2/h3,14-15H,1,4-13H2,2H3/b15-14+. The van der Waals surface area contributed by atoms with Crippen LogP contribution in [0.3, 0.4) is 0 Å². The third-order valence-electron chi connectivity index (χ3n) is 2.67. The maximum atomic E-state index is 3.73. The average Bonchev–Trinajstić information content (AvgIpc) is 2.26. The van der Waals surface area contributed by atoms with Gasteiger partial charge in [-0.05, 0) is 38.5 Å². The van der Waals surface area contributed by atoms with E-state index in [1.54, 1.807) is 0 Å². The number of allylic oxidation sites excluding steroid dienone is 3. The van der Waals surface area contributed by atoms with Crippen molar-refractivity contribution in [2.75, 3.05) is 0 Å². The molecule has 88 valence electrons. The topological polar surface area (TPSA) is 0 Å². The predicted octanol–water partition coefficient (Wildman–Crippen LogP) is 5.65. The van der Waals surface area contributed by atoms with E-state index in [0.29, 0.717) is 0 Å². The van der Waals surface area contributed by atoms with E-state index in [1.165, 1.54) is 64.2 Å². The van der Waals surface area contributed by atoms with Crippen LogP contribution in [0.15, 0.2) is 24.8 Å². The summed E-state index contributed by atoms with van der Waals surface area (Å²) in [4.78, 5) is 0. The number of hydrogen-bond donors (Lipinski definition) is 0. The van der Waals surface area contributed by atoms with Crippen LogP contribution in [0.2, 0.25) is 0 Å². The summed E-state index contributed by atoms with van der Waals surface area (Å²) < 4.78 is 0. The first kappa shape index (κ1) is 14.5. The minimum atomic E-state index is 1.18. The van der Waals surface area contributed by atoms with Crippen molar-refractivity contribution in [3.63, 3.8) is 0 Å². The molecule has 0 spiro atoms. The Kier molecular flexibility index (Phi) is 13.0. The Labute approximate surface area is 96.5 Å².